The summed E-state index contributed by atoms with van der Waals surface area (Å²) < 4.78 is 11.0. The van der Waals surface area contributed by atoms with E-state index in [-0.39, 0.29) is 18.2 Å². The second kappa shape index (κ2) is 7.25. The molecule has 0 spiro atoms. The normalized spacial score (nSPS) is 30.2. The third-order valence-corrected chi connectivity index (χ3v) is 4.46. The van der Waals surface area contributed by atoms with Gasteiger partial charge >= 0.3 is 5.97 Å². The molecule has 0 unspecified atom stereocenters. The first-order chi connectivity index (χ1) is 9.19. The van der Waals surface area contributed by atoms with Crippen LogP contribution in [0, 0.1) is 5.92 Å². The fourth-order valence-electron chi connectivity index (χ4n) is 3.08. The fraction of sp³-hybridized carbons (Fsp3) is 0.933. The van der Waals surface area contributed by atoms with E-state index in [0.29, 0.717) is 6.54 Å². The molecule has 19 heavy (non-hydrogen) atoms. The van der Waals surface area contributed by atoms with Gasteiger partial charge in [-0.3, -0.25) is 9.69 Å². The molecule has 1 saturated carbocycles. The van der Waals surface area contributed by atoms with Crippen molar-refractivity contribution in [3.8, 4) is 0 Å². The maximum atomic E-state index is 12.0. The third-order valence-electron chi connectivity index (χ3n) is 4.46. The molecule has 1 aliphatic heterocycles. The molecule has 1 aliphatic carbocycles. The summed E-state index contributed by atoms with van der Waals surface area (Å²) in [5.74, 6) is 0.715. The molecule has 4 heteroatoms. The van der Waals surface area contributed by atoms with Crippen molar-refractivity contribution in [2.45, 2.75) is 57.7 Å². The van der Waals surface area contributed by atoms with Crippen LogP contribution in [0.25, 0.3) is 0 Å². The molecule has 4 nitrogen and oxygen atoms in total. The van der Waals surface area contributed by atoms with Crippen molar-refractivity contribution in [2.24, 2.45) is 5.92 Å². The Kier molecular flexibility index (Phi) is 5.64. The third kappa shape index (κ3) is 4.46. The Morgan fingerprint density at radius 3 is 2.37 bits per heavy atom. The average Bonchev–Trinajstić information content (AvgIpc) is 2.42. The van der Waals surface area contributed by atoms with Gasteiger partial charge in [0.15, 0.2) is 0 Å². The van der Waals surface area contributed by atoms with Gasteiger partial charge in [-0.15, -0.1) is 0 Å². The summed E-state index contributed by atoms with van der Waals surface area (Å²) in [6.07, 6.45) is 6.72. The first-order valence-corrected chi connectivity index (χ1v) is 7.63. The van der Waals surface area contributed by atoms with Gasteiger partial charge in [0.2, 0.25) is 0 Å². The van der Waals surface area contributed by atoms with Gasteiger partial charge in [-0.25, -0.2) is 0 Å². The zero-order valence-corrected chi connectivity index (χ0v) is 12.3. The molecular formula is C15H27NO3. The number of likely N-dealkylation sites (tertiary alicyclic amines) is 1. The number of carbonyl (C=O) groups excluding carboxylic acids is 1. The number of carbonyl (C=O) groups is 1. The quantitative estimate of drug-likeness (QED) is 0.734. The van der Waals surface area contributed by atoms with Crippen molar-refractivity contribution in [2.75, 3.05) is 26.7 Å². The van der Waals surface area contributed by atoms with Gasteiger partial charge in [0.25, 0.3) is 0 Å². The van der Waals surface area contributed by atoms with Gasteiger partial charge < -0.3 is 9.47 Å². The molecule has 2 fully saturated rings. The molecule has 0 bridgehead atoms. The van der Waals surface area contributed by atoms with E-state index >= 15 is 0 Å². The molecule has 2 rings (SSSR count). The SMILES string of the molecule is CO[C@@H]1CCCC[C@H]1OC(=O)CN1CCC(C)CC1. The van der Waals surface area contributed by atoms with Gasteiger partial charge in [-0.05, 0) is 51.1 Å². The van der Waals surface area contributed by atoms with E-state index in [1.165, 1.54) is 19.3 Å². The van der Waals surface area contributed by atoms with Crippen LogP contribution >= 0.6 is 0 Å². The Bertz CT molecular complexity index is 287. The largest absolute Gasteiger partial charge is 0.459 e. The minimum absolute atomic E-state index is 0.0324. The summed E-state index contributed by atoms with van der Waals surface area (Å²) in [7, 11) is 1.71. The maximum Gasteiger partial charge on any atom is 0.320 e. The van der Waals surface area contributed by atoms with Crippen LogP contribution in [0.1, 0.15) is 45.4 Å². The summed E-state index contributed by atoms with van der Waals surface area (Å²) in [5, 5.41) is 0. The van der Waals surface area contributed by atoms with Gasteiger partial charge in [0.05, 0.1) is 12.6 Å². The first kappa shape index (κ1) is 14.8. The van der Waals surface area contributed by atoms with Crippen LogP contribution in [-0.2, 0) is 14.3 Å². The van der Waals surface area contributed by atoms with E-state index in [1.807, 2.05) is 0 Å². The van der Waals surface area contributed by atoms with Crippen LogP contribution < -0.4 is 0 Å². The van der Waals surface area contributed by atoms with Crippen molar-refractivity contribution >= 4 is 5.97 Å². The summed E-state index contributed by atoms with van der Waals surface area (Å²) in [6, 6.07) is 0. The van der Waals surface area contributed by atoms with Gasteiger partial charge in [-0.2, -0.15) is 0 Å². The smallest absolute Gasteiger partial charge is 0.320 e. The summed E-state index contributed by atoms with van der Waals surface area (Å²) in [4.78, 5) is 14.2. The van der Waals surface area contributed by atoms with E-state index in [1.54, 1.807) is 7.11 Å². The Labute approximate surface area is 116 Å². The number of methoxy groups -OCH3 is 1. The van der Waals surface area contributed by atoms with E-state index in [4.69, 9.17) is 9.47 Å². The minimum Gasteiger partial charge on any atom is -0.459 e. The zero-order chi connectivity index (χ0) is 13.7. The molecule has 0 aromatic heterocycles. The molecular weight excluding hydrogens is 242 g/mol. The Balaban J connectivity index is 1.74. The zero-order valence-electron chi connectivity index (χ0n) is 12.3. The lowest BCUT2D eigenvalue weighted by molar-refractivity contribution is -0.160. The number of piperidine rings is 1. The lowest BCUT2D eigenvalue weighted by Gasteiger charge is -2.32. The number of hydrogen-bond donors (Lipinski definition) is 0. The van der Waals surface area contributed by atoms with Crippen LogP contribution in [-0.4, -0.2) is 49.8 Å². The monoisotopic (exact) mass is 269 g/mol. The Morgan fingerprint density at radius 2 is 1.74 bits per heavy atom. The van der Waals surface area contributed by atoms with Crippen molar-refractivity contribution in [1.29, 1.82) is 0 Å². The lowest BCUT2D eigenvalue weighted by atomic mass is 9.94. The Morgan fingerprint density at radius 1 is 1.11 bits per heavy atom. The highest BCUT2D eigenvalue weighted by atomic mass is 16.6. The van der Waals surface area contributed by atoms with Crippen LogP contribution in [0.4, 0.5) is 0 Å². The number of esters is 1. The van der Waals surface area contributed by atoms with Crippen molar-refractivity contribution in [3.05, 3.63) is 0 Å². The number of hydrogen-bond acceptors (Lipinski definition) is 4. The molecule has 2 aliphatic rings. The van der Waals surface area contributed by atoms with Crippen LogP contribution in [0.2, 0.25) is 0 Å². The Hall–Kier alpha value is -0.610. The predicted molar refractivity (Wildman–Crippen MR) is 74.0 cm³/mol. The van der Waals surface area contributed by atoms with Gasteiger partial charge in [0, 0.05) is 7.11 Å². The van der Waals surface area contributed by atoms with Crippen LogP contribution in [0.5, 0.6) is 0 Å². The summed E-state index contributed by atoms with van der Waals surface area (Å²) in [5.41, 5.74) is 0. The highest BCUT2D eigenvalue weighted by molar-refractivity contribution is 5.72. The maximum absolute atomic E-state index is 12.0. The summed E-state index contributed by atoms with van der Waals surface area (Å²) >= 11 is 0. The molecule has 1 heterocycles. The van der Waals surface area contributed by atoms with Crippen molar-refractivity contribution < 1.29 is 14.3 Å². The molecule has 0 N–H and O–H groups in total. The molecule has 0 amide bonds. The van der Waals surface area contributed by atoms with Crippen LogP contribution in [0.15, 0.2) is 0 Å². The summed E-state index contributed by atoms with van der Waals surface area (Å²) in [6.45, 7) is 4.77. The van der Waals surface area contributed by atoms with E-state index in [2.05, 4.69) is 11.8 Å². The molecule has 0 aromatic rings. The van der Waals surface area contributed by atoms with Gasteiger partial charge in [0.1, 0.15) is 6.10 Å². The van der Waals surface area contributed by atoms with Gasteiger partial charge in [-0.1, -0.05) is 13.3 Å². The average molecular weight is 269 g/mol. The number of ether oxygens (including phenoxy) is 2. The molecule has 1 saturated heterocycles. The molecule has 0 aromatic carbocycles. The molecule has 2 atom stereocenters. The topological polar surface area (TPSA) is 38.8 Å². The minimum atomic E-state index is -0.0801. The lowest BCUT2D eigenvalue weighted by Crippen LogP contribution is -2.41. The van der Waals surface area contributed by atoms with Crippen LogP contribution in [0.3, 0.4) is 0 Å². The van der Waals surface area contributed by atoms with Crippen molar-refractivity contribution in [1.82, 2.24) is 4.90 Å². The fourth-order valence-corrected chi connectivity index (χ4v) is 3.08. The highest BCUT2D eigenvalue weighted by Crippen LogP contribution is 2.23. The van der Waals surface area contributed by atoms with E-state index in [0.717, 1.165) is 38.3 Å². The van der Waals surface area contributed by atoms with E-state index < -0.39 is 0 Å². The predicted octanol–water partition coefficient (Wildman–Crippen LogP) is 2.22. The second-order valence-electron chi connectivity index (χ2n) is 6.05. The van der Waals surface area contributed by atoms with Crippen molar-refractivity contribution in [3.63, 3.8) is 0 Å². The second-order valence-corrected chi connectivity index (χ2v) is 6.05. The van der Waals surface area contributed by atoms with E-state index in [9.17, 15) is 4.79 Å². The number of nitrogens with zero attached hydrogens (tertiary/aromatic N) is 1. The highest BCUT2D eigenvalue weighted by Gasteiger charge is 2.29. The molecule has 110 valence electrons. The molecule has 0 radical (unpaired) electrons. The number of rotatable bonds is 4. The first-order valence-electron chi connectivity index (χ1n) is 7.63. The standard InChI is InChI=1S/C15H27NO3/c1-12-7-9-16(10-8-12)11-15(17)19-14-6-4-3-5-13(14)18-2/h12-14H,3-11H2,1-2H3/t13-,14-/m1/s1.